The maximum atomic E-state index is 12.1. The Balaban J connectivity index is 2.39. The molecule has 0 saturated carbocycles. The average molecular weight is 301 g/mol. The highest BCUT2D eigenvalue weighted by Crippen LogP contribution is 2.19. The summed E-state index contributed by atoms with van der Waals surface area (Å²) in [5.74, 6) is -0.147. The Morgan fingerprint density at radius 3 is 3.06 bits per heavy atom. The second kappa shape index (κ2) is 4.84. The Morgan fingerprint density at radius 1 is 1.62 bits per heavy atom. The zero-order chi connectivity index (χ0) is 11.5. The monoisotopic (exact) mass is 300 g/mol. The predicted octanol–water partition coefficient (Wildman–Crippen LogP) is 2.14. The van der Waals surface area contributed by atoms with E-state index in [9.17, 15) is 4.79 Å². The van der Waals surface area contributed by atoms with Crippen LogP contribution in [0.2, 0.25) is 0 Å². The van der Waals surface area contributed by atoms with Gasteiger partial charge in [0.15, 0.2) is 0 Å². The molecule has 0 radical (unpaired) electrons. The van der Waals surface area contributed by atoms with Crippen LogP contribution in [0, 0.1) is 0 Å². The molecule has 2 heterocycles. The minimum atomic E-state index is -0.147. The van der Waals surface area contributed by atoms with Gasteiger partial charge in [-0.25, -0.2) is 0 Å². The fourth-order valence-corrected chi connectivity index (χ4v) is 2.27. The van der Waals surface area contributed by atoms with Crippen molar-refractivity contribution in [1.82, 2.24) is 19.4 Å². The summed E-state index contributed by atoms with van der Waals surface area (Å²) in [7, 11) is 0. The molecule has 0 aliphatic carbocycles. The van der Waals surface area contributed by atoms with Crippen LogP contribution in [0.25, 0.3) is 0 Å². The number of aromatic nitrogens is 4. The van der Waals surface area contributed by atoms with Crippen molar-refractivity contribution in [3.63, 3.8) is 0 Å². The van der Waals surface area contributed by atoms with Gasteiger partial charge in [0.05, 0.1) is 10.7 Å². The van der Waals surface area contributed by atoms with Crippen LogP contribution in [0.5, 0.6) is 0 Å². The fourth-order valence-electron chi connectivity index (χ4n) is 1.35. The third-order valence-electron chi connectivity index (χ3n) is 2.04. The molecule has 0 aliphatic heterocycles. The van der Waals surface area contributed by atoms with Crippen LogP contribution in [0.1, 0.15) is 29.5 Å². The van der Waals surface area contributed by atoms with Gasteiger partial charge >= 0.3 is 0 Å². The van der Waals surface area contributed by atoms with Crippen LogP contribution in [0.15, 0.2) is 16.0 Å². The van der Waals surface area contributed by atoms with Crippen molar-refractivity contribution in [2.45, 2.75) is 19.9 Å². The summed E-state index contributed by atoms with van der Waals surface area (Å²) in [4.78, 5) is 12.1. The molecule has 0 atom stereocenters. The highest BCUT2D eigenvalue weighted by Gasteiger charge is 2.20. The lowest BCUT2D eigenvalue weighted by Gasteiger charge is -2.03. The second-order valence-electron chi connectivity index (χ2n) is 3.18. The summed E-state index contributed by atoms with van der Waals surface area (Å²) < 4.78 is 6.06. The number of hydrogen-bond donors (Lipinski definition) is 0. The first kappa shape index (κ1) is 11.4. The Hall–Kier alpha value is -1.08. The molecule has 2 aromatic rings. The van der Waals surface area contributed by atoms with Crippen molar-refractivity contribution in [1.29, 1.82) is 0 Å². The van der Waals surface area contributed by atoms with Gasteiger partial charge in [-0.3, -0.25) is 9.48 Å². The molecular formula is C9H9BrN4OS. The molecule has 16 heavy (non-hydrogen) atoms. The molecule has 0 aliphatic rings. The van der Waals surface area contributed by atoms with E-state index in [0.29, 0.717) is 22.4 Å². The van der Waals surface area contributed by atoms with Crippen LogP contribution in [-0.2, 0) is 6.54 Å². The van der Waals surface area contributed by atoms with Gasteiger partial charge in [0.2, 0.25) is 5.78 Å². The number of halogens is 1. The van der Waals surface area contributed by atoms with E-state index in [4.69, 9.17) is 0 Å². The van der Waals surface area contributed by atoms with E-state index in [2.05, 4.69) is 30.6 Å². The lowest BCUT2D eigenvalue weighted by Crippen LogP contribution is -2.12. The quantitative estimate of drug-likeness (QED) is 0.812. The smallest absolute Gasteiger partial charge is 0.233 e. The summed E-state index contributed by atoms with van der Waals surface area (Å²) in [5.41, 5.74) is 0.901. The second-order valence-corrected chi connectivity index (χ2v) is 4.65. The van der Waals surface area contributed by atoms with Gasteiger partial charge in [0, 0.05) is 11.9 Å². The Bertz CT molecular complexity index is 494. The molecule has 0 spiro atoms. The number of nitrogens with zero attached hydrogens (tertiary/aromatic N) is 4. The zero-order valence-corrected chi connectivity index (χ0v) is 11.0. The molecule has 0 aromatic carbocycles. The number of aryl methyl sites for hydroxylation is 1. The molecule has 2 rings (SSSR count). The van der Waals surface area contributed by atoms with Crippen molar-refractivity contribution >= 4 is 33.2 Å². The largest absolute Gasteiger partial charge is 0.285 e. The van der Waals surface area contributed by atoms with E-state index < -0.39 is 0 Å². The molecule has 0 N–H and O–H groups in total. The summed E-state index contributed by atoms with van der Waals surface area (Å²) in [6.07, 6.45) is 2.55. The van der Waals surface area contributed by atoms with Crippen molar-refractivity contribution < 1.29 is 4.79 Å². The van der Waals surface area contributed by atoms with Gasteiger partial charge in [0.1, 0.15) is 11.4 Å². The molecule has 0 bridgehead atoms. The lowest BCUT2D eigenvalue weighted by atomic mass is 10.2. The number of carbonyl (C=O) groups is 1. The first-order chi connectivity index (χ1) is 7.74. The highest BCUT2D eigenvalue weighted by atomic mass is 79.9. The average Bonchev–Trinajstić information content (AvgIpc) is 2.88. The van der Waals surface area contributed by atoms with Crippen LogP contribution in [0.3, 0.4) is 0 Å². The van der Waals surface area contributed by atoms with Gasteiger partial charge in [-0.2, -0.15) is 5.10 Å². The fraction of sp³-hybridized carbons (Fsp3) is 0.333. The van der Waals surface area contributed by atoms with E-state index in [-0.39, 0.29) is 5.78 Å². The summed E-state index contributed by atoms with van der Waals surface area (Å²) in [5, 5.41) is 9.55. The van der Waals surface area contributed by atoms with Crippen molar-refractivity contribution in [2.24, 2.45) is 0 Å². The molecule has 2 aromatic heterocycles. The summed E-state index contributed by atoms with van der Waals surface area (Å²) >= 11 is 4.49. The molecule has 7 heteroatoms. The SMILES string of the molecule is CCCn1ncc(Br)c1C(=O)c1csnn1. The minimum Gasteiger partial charge on any atom is -0.285 e. The summed E-state index contributed by atoms with van der Waals surface area (Å²) in [6, 6.07) is 0. The third-order valence-corrected chi connectivity index (χ3v) is 3.12. The van der Waals surface area contributed by atoms with E-state index in [1.54, 1.807) is 16.3 Å². The van der Waals surface area contributed by atoms with E-state index in [1.165, 1.54) is 0 Å². The van der Waals surface area contributed by atoms with Crippen molar-refractivity contribution in [3.05, 3.63) is 27.4 Å². The Morgan fingerprint density at radius 2 is 2.44 bits per heavy atom. The van der Waals surface area contributed by atoms with Crippen LogP contribution in [0.4, 0.5) is 0 Å². The number of ketones is 1. The number of carbonyl (C=O) groups excluding carboxylic acids is 1. The molecule has 0 unspecified atom stereocenters. The lowest BCUT2D eigenvalue weighted by molar-refractivity contribution is 0.102. The van der Waals surface area contributed by atoms with E-state index in [0.717, 1.165) is 18.0 Å². The topological polar surface area (TPSA) is 60.7 Å². The Kier molecular flexibility index (Phi) is 3.45. The zero-order valence-electron chi connectivity index (χ0n) is 8.55. The Labute approximate surface area is 105 Å². The first-order valence-electron chi connectivity index (χ1n) is 4.77. The third kappa shape index (κ3) is 2.05. The molecule has 0 amide bonds. The highest BCUT2D eigenvalue weighted by molar-refractivity contribution is 9.10. The standard InChI is InChI=1S/C9H9BrN4OS/c1-2-3-14-8(6(10)4-11-14)9(15)7-5-16-13-12-7/h4-5H,2-3H2,1H3. The van der Waals surface area contributed by atoms with E-state index in [1.807, 2.05) is 6.92 Å². The first-order valence-corrected chi connectivity index (χ1v) is 6.40. The number of rotatable bonds is 4. The maximum absolute atomic E-state index is 12.1. The van der Waals surface area contributed by atoms with E-state index >= 15 is 0 Å². The van der Waals surface area contributed by atoms with Crippen LogP contribution >= 0.6 is 27.5 Å². The van der Waals surface area contributed by atoms with Gasteiger partial charge < -0.3 is 0 Å². The molecule has 0 saturated heterocycles. The van der Waals surface area contributed by atoms with Gasteiger partial charge in [-0.15, -0.1) is 5.10 Å². The van der Waals surface area contributed by atoms with Crippen molar-refractivity contribution in [3.8, 4) is 0 Å². The maximum Gasteiger partial charge on any atom is 0.233 e. The van der Waals surface area contributed by atoms with Crippen molar-refractivity contribution in [2.75, 3.05) is 0 Å². The summed E-state index contributed by atoms with van der Waals surface area (Å²) in [6.45, 7) is 2.75. The normalized spacial score (nSPS) is 10.6. The number of hydrogen-bond acceptors (Lipinski definition) is 5. The molecule has 5 nitrogen and oxygen atoms in total. The molecular weight excluding hydrogens is 292 g/mol. The molecule has 0 fully saturated rings. The predicted molar refractivity (Wildman–Crippen MR) is 63.6 cm³/mol. The van der Waals surface area contributed by atoms with Crippen LogP contribution in [-0.4, -0.2) is 25.2 Å². The van der Waals surface area contributed by atoms with Crippen LogP contribution < -0.4 is 0 Å². The van der Waals surface area contributed by atoms with Gasteiger partial charge in [-0.1, -0.05) is 11.4 Å². The van der Waals surface area contributed by atoms with Gasteiger partial charge in [0.25, 0.3) is 0 Å². The van der Waals surface area contributed by atoms with Gasteiger partial charge in [-0.05, 0) is 33.9 Å². The minimum absolute atomic E-state index is 0.147. The molecule has 84 valence electrons.